The lowest BCUT2D eigenvalue weighted by Gasteiger charge is -2.62. The largest absolute Gasteiger partial charge is 0.515 e. The van der Waals surface area contributed by atoms with E-state index < -0.39 is 82.2 Å². The average molecular weight is 1280 g/mol. The second-order valence-corrected chi connectivity index (χ2v) is 44.4. The molecule has 8 bridgehead atoms. The smallest absolute Gasteiger partial charge is 0.366 e. The van der Waals surface area contributed by atoms with Crippen LogP contribution in [-0.2, 0) is 49.4 Å². The number of rotatable bonds is 9. The molecule has 2 amide bonds. The van der Waals surface area contributed by atoms with Gasteiger partial charge in [0.2, 0.25) is 0 Å². The van der Waals surface area contributed by atoms with Crippen LogP contribution in [0.4, 0.5) is 5.69 Å². The molecule has 7 heterocycles. The summed E-state index contributed by atoms with van der Waals surface area (Å²) in [4.78, 5) is 30.3. The van der Waals surface area contributed by atoms with Crippen molar-refractivity contribution in [3.63, 3.8) is 0 Å². The zero-order valence-electron chi connectivity index (χ0n) is 45.8. The van der Waals surface area contributed by atoms with E-state index in [0.717, 1.165) is 10.5 Å². The van der Waals surface area contributed by atoms with Crippen molar-refractivity contribution >= 4 is 129 Å². The van der Waals surface area contributed by atoms with Gasteiger partial charge in [-0.05, 0) is 42.5 Å². The summed E-state index contributed by atoms with van der Waals surface area (Å²) in [6.07, 6.45) is 0. The molecule has 0 N–H and O–H groups in total. The monoisotopic (exact) mass is 1280 g/mol. The van der Waals surface area contributed by atoms with Crippen LogP contribution >= 0.6 is 0 Å². The van der Waals surface area contributed by atoms with Gasteiger partial charge in [-0.15, -0.1) is 0 Å². The Morgan fingerprint density at radius 3 is 0.736 bits per heavy atom. The Balaban J connectivity index is 0.988. The third kappa shape index (κ3) is 9.02. The molecular formula is C64H47NO14Si8. The molecule has 6 saturated heterocycles. The van der Waals surface area contributed by atoms with Crippen LogP contribution in [0.3, 0.4) is 0 Å². The summed E-state index contributed by atoms with van der Waals surface area (Å²) in [6, 6.07) is 87.2. The number of hydrogen-bond donors (Lipinski definition) is 0. The predicted octanol–water partition coefficient (Wildman–Crippen LogP) is 5.22. The Morgan fingerprint density at radius 2 is 0.460 bits per heavy atom. The second-order valence-electron chi connectivity index (χ2n) is 21.1. The first-order valence-corrected chi connectivity index (χ1v) is 41.9. The second kappa shape index (κ2) is 20.9. The molecule has 23 heteroatoms. The predicted molar refractivity (Wildman–Crippen MR) is 338 cm³/mol. The molecule has 0 radical (unpaired) electrons. The summed E-state index contributed by atoms with van der Waals surface area (Å²) in [6.45, 7) is 0. The van der Waals surface area contributed by atoms with Crippen LogP contribution in [0.1, 0.15) is 31.8 Å². The van der Waals surface area contributed by atoms with Crippen molar-refractivity contribution in [2.45, 2.75) is 0 Å². The Kier molecular flexibility index (Phi) is 13.1. The number of benzene rings is 10. The summed E-state index contributed by atoms with van der Waals surface area (Å²) < 4.78 is 98.7. The molecule has 0 spiro atoms. The van der Waals surface area contributed by atoms with Crippen LogP contribution in [0.5, 0.6) is 0 Å². The van der Waals surface area contributed by atoms with Gasteiger partial charge in [-0.1, -0.05) is 254 Å². The Labute approximate surface area is 509 Å². The molecule has 7 aliphatic heterocycles. The van der Waals surface area contributed by atoms with Gasteiger partial charge in [0.05, 0.1) is 16.8 Å². The number of carbonyl (C=O) groups excluding carboxylic acids is 2. The lowest BCUT2D eigenvalue weighted by Crippen LogP contribution is -2.96. The first-order valence-electron chi connectivity index (χ1n) is 28.1. The average Bonchev–Trinajstić information content (AvgIpc) is 1.05. The molecule has 10 aromatic rings. The van der Waals surface area contributed by atoms with Crippen molar-refractivity contribution in [1.82, 2.24) is 0 Å². The van der Waals surface area contributed by atoms with Crippen LogP contribution in [0.2, 0.25) is 0 Å². The molecule has 0 atom stereocenters. The maximum atomic E-state index is 14.7. The van der Waals surface area contributed by atoms with Crippen molar-refractivity contribution in [3.05, 3.63) is 307 Å². The van der Waals surface area contributed by atoms with Crippen molar-refractivity contribution in [2.75, 3.05) is 4.90 Å². The molecule has 0 unspecified atom stereocenters. The van der Waals surface area contributed by atoms with Gasteiger partial charge in [0.25, 0.3) is 11.8 Å². The Morgan fingerprint density at radius 1 is 0.230 bits per heavy atom. The molecule has 17 rings (SSSR count). The summed E-state index contributed by atoms with van der Waals surface area (Å²) >= 11 is 0. The van der Waals surface area contributed by atoms with Gasteiger partial charge < -0.3 is 49.4 Å². The minimum Gasteiger partial charge on any atom is -0.366 e. The van der Waals surface area contributed by atoms with Crippen molar-refractivity contribution < 1.29 is 59.0 Å². The van der Waals surface area contributed by atoms with Crippen molar-refractivity contribution in [1.29, 1.82) is 0 Å². The van der Waals surface area contributed by atoms with E-state index in [2.05, 4.69) is 11.8 Å². The molecule has 10 aromatic carbocycles. The maximum absolute atomic E-state index is 14.7. The summed E-state index contributed by atoms with van der Waals surface area (Å²) in [5.41, 5.74) is 2.12. The fourth-order valence-corrected chi connectivity index (χ4v) is 57.6. The summed E-state index contributed by atoms with van der Waals surface area (Å²) in [5.74, 6) is 5.28. The topological polar surface area (TPSA) is 148 Å². The highest BCUT2D eigenvalue weighted by atomic mass is 28.6. The van der Waals surface area contributed by atoms with E-state index in [9.17, 15) is 9.59 Å². The molecule has 424 valence electrons. The highest BCUT2D eigenvalue weighted by Crippen LogP contribution is 2.49. The zero-order valence-corrected chi connectivity index (χ0v) is 53.8. The van der Waals surface area contributed by atoms with Crippen LogP contribution < -0.4 is 46.4 Å². The molecule has 15 nitrogen and oxygen atoms in total. The van der Waals surface area contributed by atoms with E-state index in [1.807, 2.05) is 243 Å². The quantitative estimate of drug-likeness (QED) is 0.106. The highest BCUT2D eigenvalue weighted by molar-refractivity contribution is 7.14. The lowest BCUT2D eigenvalue weighted by molar-refractivity contribution is -0.00304. The fraction of sp³-hybridized carbons (Fsp3) is 0. The normalized spacial score (nSPS) is 29.4. The van der Waals surface area contributed by atoms with Gasteiger partial charge in [-0.3, -0.25) is 9.59 Å². The van der Waals surface area contributed by atoms with E-state index in [4.69, 9.17) is 49.4 Å². The van der Waals surface area contributed by atoms with Crippen molar-refractivity contribution in [3.8, 4) is 11.8 Å². The highest BCUT2D eigenvalue weighted by Gasteiger charge is 2.86. The lowest BCUT2D eigenvalue weighted by atomic mass is 10.1. The van der Waals surface area contributed by atoms with Crippen LogP contribution in [0.15, 0.2) is 285 Å². The van der Waals surface area contributed by atoms with Gasteiger partial charge in [0, 0.05) is 52.6 Å². The number of amides is 2. The van der Waals surface area contributed by atoms with Crippen LogP contribution in [0, 0.1) is 11.8 Å². The van der Waals surface area contributed by atoms with Gasteiger partial charge in [-0.25, -0.2) is 4.90 Å². The Bertz CT molecular complexity index is 4060. The van der Waals surface area contributed by atoms with Gasteiger partial charge in [0.15, 0.2) is 0 Å². The SMILES string of the molecule is O=C1c2ccc(C#Cc3ccccc3)cc2C(=O)N1c1ccc([Si]23O[Si]4(c5ccccc5)O[Si]5(c6ccccc6)O[Si]6(c7ccccc7)O[Si](c7ccccc7)(O4)O[Si](c4ccccc4)(O[Si](c4ccccc4)(O6)O[Si](c4ccccc4)(O5)O2)O3)cc1. The number of fused-ring (bicyclic) bond motifs is 1. The number of imide groups is 1. The van der Waals surface area contributed by atoms with Gasteiger partial charge in [0.1, 0.15) is 0 Å². The first kappa shape index (κ1) is 54.5. The Hall–Kier alpha value is -7.84. The van der Waals surface area contributed by atoms with E-state index in [1.54, 1.807) is 42.5 Å². The van der Waals surface area contributed by atoms with E-state index in [1.165, 1.54) is 0 Å². The molecule has 6 fully saturated rings. The molecule has 7 aliphatic rings. The minimum absolute atomic E-state index is 0.222. The summed E-state index contributed by atoms with van der Waals surface area (Å²) in [5, 5.41) is 3.70. The van der Waals surface area contributed by atoms with Gasteiger partial charge >= 0.3 is 70.4 Å². The third-order valence-electron chi connectivity index (χ3n) is 15.6. The van der Waals surface area contributed by atoms with E-state index in [-0.39, 0.29) is 16.8 Å². The molecular weight excluding hydrogens is 1230 g/mol. The van der Waals surface area contributed by atoms with Crippen LogP contribution in [0.25, 0.3) is 0 Å². The number of anilines is 1. The molecule has 0 aromatic heterocycles. The molecule has 0 saturated carbocycles. The first-order chi connectivity index (χ1) is 42.6. The zero-order chi connectivity index (χ0) is 58.4. The standard InChI is InChI=1S/C64H47NO14Si8/c66-63-61-48-43-51(42-41-50-25-9-1-10-26-50)49-62(61)64(67)65(63)52-44-46-60(47-45-52)87-77-84(57-35-19-6-20-36-57)71-81(54-29-13-3-14-30-54)68-80(53-27-11-2-12-28-53)69-82(73-84,55-31-15-4-16-32-55)75-86(79-87,59-39-23-8-24-40-59)76-83(70-80,56-33-17-5-18-34-56)74-85(72-81,78-87)58-37-21-7-22-38-58/h1-40,43-49H. The third-order valence-corrected chi connectivity index (χ3v) is 49.7. The number of nitrogens with zero attached hydrogens (tertiary/aromatic N) is 1. The van der Waals surface area contributed by atoms with E-state index in [0.29, 0.717) is 47.1 Å². The van der Waals surface area contributed by atoms with E-state index >= 15 is 0 Å². The molecule has 87 heavy (non-hydrogen) atoms. The maximum Gasteiger partial charge on any atom is 0.515 e. The number of carbonyl (C=O) groups is 2. The fourth-order valence-electron chi connectivity index (χ4n) is 11.6. The van der Waals surface area contributed by atoms with Gasteiger partial charge in [-0.2, -0.15) is 0 Å². The van der Waals surface area contributed by atoms with Crippen LogP contribution in [-0.4, -0.2) is 82.2 Å². The molecule has 0 aliphatic carbocycles. The van der Waals surface area contributed by atoms with Crippen molar-refractivity contribution in [2.24, 2.45) is 0 Å². The number of hydrogen-bond acceptors (Lipinski definition) is 14. The minimum atomic E-state index is -5.14. The summed E-state index contributed by atoms with van der Waals surface area (Å²) in [7, 11) is -39.8.